The number of amides is 1. The van der Waals surface area contributed by atoms with Crippen LogP contribution in [0.25, 0.3) is 0 Å². The minimum Gasteiger partial charge on any atom is -0.376 e. The maximum absolute atomic E-state index is 12.5. The molecule has 1 saturated heterocycles. The number of thiazole rings is 1. The quantitative estimate of drug-likeness (QED) is 0.916. The minimum absolute atomic E-state index is 0.00112. The van der Waals surface area contributed by atoms with E-state index in [9.17, 15) is 4.79 Å². The molecule has 1 amide bonds. The summed E-state index contributed by atoms with van der Waals surface area (Å²) in [5.41, 5.74) is 1.81. The van der Waals surface area contributed by atoms with Crippen LogP contribution in [0.5, 0.6) is 0 Å². The highest BCUT2D eigenvalue weighted by Crippen LogP contribution is 2.30. The number of benzene rings is 1. The fraction of sp³-hybridized carbons (Fsp3) is 0.444. The van der Waals surface area contributed by atoms with Gasteiger partial charge in [-0.25, -0.2) is 4.98 Å². The Bertz CT molecular complexity index is 690. The SMILES string of the molecule is Cc1sc(CC(=O)NC2(c3ccccc3)COC2)nc1C(C)C. The lowest BCUT2D eigenvalue weighted by Gasteiger charge is -2.42. The zero-order valence-corrected chi connectivity index (χ0v) is 14.6. The van der Waals surface area contributed by atoms with Gasteiger partial charge in [-0.3, -0.25) is 4.79 Å². The van der Waals surface area contributed by atoms with E-state index in [0.29, 0.717) is 25.6 Å². The van der Waals surface area contributed by atoms with Gasteiger partial charge in [0, 0.05) is 4.88 Å². The Balaban J connectivity index is 1.70. The van der Waals surface area contributed by atoms with E-state index in [0.717, 1.165) is 16.3 Å². The average Bonchev–Trinajstić information content (AvgIpc) is 2.84. The van der Waals surface area contributed by atoms with Crippen LogP contribution >= 0.6 is 11.3 Å². The second kappa shape index (κ2) is 6.42. The van der Waals surface area contributed by atoms with Gasteiger partial charge < -0.3 is 10.1 Å². The van der Waals surface area contributed by atoms with E-state index in [4.69, 9.17) is 4.74 Å². The second-order valence-corrected chi connectivity index (χ2v) is 7.66. The Morgan fingerprint density at radius 1 is 1.35 bits per heavy atom. The Hall–Kier alpha value is -1.72. The van der Waals surface area contributed by atoms with Crippen LogP contribution in [0.3, 0.4) is 0 Å². The predicted octanol–water partition coefficient (Wildman–Crippen LogP) is 3.16. The van der Waals surface area contributed by atoms with E-state index >= 15 is 0 Å². The Labute approximate surface area is 140 Å². The molecular weight excluding hydrogens is 308 g/mol. The summed E-state index contributed by atoms with van der Waals surface area (Å²) in [6.07, 6.45) is 0.326. The van der Waals surface area contributed by atoms with Crippen LogP contribution in [-0.4, -0.2) is 24.1 Å². The van der Waals surface area contributed by atoms with Gasteiger partial charge in [-0.05, 0) is 18.4 Å². The van der Waals surface area contributed by atoms with Gasteiger partial charge in [0.05, 0.1) is 25.3 Å². The maximum atomic E-state index is 12.5. The van der Waals surface area contributed by atoms with Gasteiger partial charge in [-0.1, -0.05) is 44.2 Å². The molecule has 0 saturated carbocycles. The molecule has 1 aliphatic rings. The van der Waals surface area contributed by atoms with Crippen LogP contribution in [-0.2, 0) is 21.5 Å². The molecule has 0 unspecified atom stereocenters. The second-order valence-electron chi connectivity index (χ2n) is 6.37. The first-order chi connectivity index (χ1) is 11.0. The molecule has 1 aliphatic heterocycles. The summed E-state index contributed by atoms with van der Waals surface area (Å²) in [5.74, 6) is 0.389. The summed E-state index contributed by atoms with van der Waals surface area (Å²) in [7, 11) is 0. The Morgan fingerprint density at radius 3 is 2.57 bits per heavy atom. The van der Waals surface area contributed by atoms with E-state index in [1.54, 1.807) is 11.3 Å². The molecule has 23 heavy (non-hydrogen) atoms. The van der Waals surface area contributed by atoms with Crippen molar-refractivity contribution in [3.63, 3.8) is 0 Å². The third-order valence-electron chi connectivity index (χ3n) is 4.14. The van der Waals surface area contributed by atoms with Crippen molar-refractivity contribution in [1.29, 1.82) is 0 Å². The fourth-order valence-electron chi connectivity index (χ4n) is 2.90. The van der Waals surface area contributed by atoms with Gasteiger partial charge in [-0.15, -0.1) is 11.3 Å². The van der Waals surface area contributed by atoms with Crippen LogP contribution in [0.4, 0.5) is 0 Å². The van der Waals surface area contributed by atoms with Crippen molar-refractivity contribution in [2.75, 3.05) is 13.2 Å². The summed E-state index contributed by atoms with van der Waals surface area (Å²) < 4.78 is 5.37. The number of aryl methyl sites for hydroxylation is 1. The van der Waals surface area contributed by atoms with Gasteiger partial charge in [0.15, 0.2) is 0 Å². The third-order valence-corrected chi connectivity index (χ3v) is 5.12. The average molecular weight is 330 g/mol. The van der Waals surface area contributed by atoms with Gasteiger partial charge >= 0.3 is 0 Å². The molecule has 122 valence electrons. The van der Waals surface area contributed by atoms with E-state index < -0.39 is 0 Å². The normalized spacial score (nSPS) is 16.2. The van der Waals surface area contributed by atoms with Crippen molar-refractivity contribution in [1.82, 2.24) is 10.3 Å². The number of nitrogens with zero attached hydrogens (tertiary/aromatic N) is 1. The number of hydrogen-bond acceptors (Lipinski definition) is 4. The zero-order chi connectivity index (χ0) is 16.4. The highest BCUT2D eigenvalue weighted by atomic mass is 32.1. The molecule has 1 aromatic heterocycles. The minimum atomic E-state index is -0.383. The number of aromatic nitrogens is 1. The number of hydrogen-bond donors (Lipinski definition) is 1. The highest BCUT2D eigenvalue weighted by Gasteiger charge is 2.41. The predicted molar refractivity (Wildman–Crippen MR) is 91.7 cm³/mol. The van der Waals surface area contributed by atoms with Crippen molar-refractivity contribution >= 4 is 17.2 Å². The molecule has 0 bridgehead atoms. The van der Waals surface area contributed by atoms with Crippen molar-refractivity contribution in [2.24, 2.45) is 0 Å². The summed E-state index contributed by atoms with van der Waals surface area (Å²) in [6.45, 7) is 7.37. The van der Waals surface area contributed by atoms with Gasteiger partial charge in [0.2, 0.25) is 5.91 Å². The van der Waals surface area contributed by atoms with E-state index in [2.05, 4.69) is 31.1 Å². The molecule has 5 heteroatoms. The highest BCUT2D eigenvalue weighted by molar-refractivity contribution is 7.11. The number of carbonyl (C=O) groups excluding carboxylic acids is 1. The number of rotatable bonds is 5. The van der Waals surface area contributed by atoms with E-state index in [-0.39, 0.29) is 11.4 Å². The van der Waals surface area contributed by atoms with E-state index in [1.807, 2.05) is 30.3 Å². The van der Waals surface area contributed by atoms with Crippen molar-refractivity contribution in [3.8, 4) is 0 Å². The molecule has 1 N–H and O–H groups in total. The number of nitrogens with one attached hydrogen (secondary N) is 1. The smallest absolute Gasteiger partial charge is 0.227 e. The molecule has 4 nitrogen and oxygen atoms in total. The standard InChI is InChI=1S/C18H22N2O2S/c1-12(2)17-13(3)23-16(19-17)9-15(21)20-18(10-22-11-18)14-7-5-4-6-8-14/h4-8,12H,9-11H2,1-3H3,(H,20,21). The lowest BCUT2D eigenvalue weighted by atomic mass is 9.88. The first-order valence-electron chi connectivity index (χ1n) is 7.91. The third kappa shape index (κ3) is 3.31. The summed E-state index contributed by atoms with van der Waals surface area (Å²) in [4.78, 5) is 18.3. The summed E-state index contributed by atoms with van der Waals surface area (Å²) in [5, 5.41) is 4.04. The molecule has 2 heterocycles. The lowest BCUT2D eigenvalue weighted by Crippen LogP contribution is -2.59. The largest absolute Gasteiger partial charge is 0.376 e. The van der Waals surface area contributed by atoms with Gasteiger partial charge in [0.1, 0.15) is 10.5 Å². The van der Waals surface area contributed by atoms with Crippen LogP contribution in [0, 0.1) is 6.92 Å². The number of ether oxygens (including phenoxy) is 1. The molecule has 1 fully saturated rings. The Morgan fingerprint density at radius 2 is 2.04 bits per heavy atom. The van der Waals surface area contributed by atoms with Gasteiger partial charge in [0.25, 0.3) is 0 Å². The first kappa shape index (κ1) is 16.1. The molecule has 0 aliphatic carbocycles. The van der Waals surface area contributed by atoms with Crippen LogP contribution in [0.2, 0.25) is 0 Å². The topological polar surface area (TPSA) is 51.2 Å². The first-order valence-corrected chi connectivity index (χ1v) is 8.72. The number of carbonyl (C=O) groups is 1. The molecule has 3 rings (SSSR count). The molecule has 0 atom stereocenters. The monoisotopic (exact) mass is 330 g/mol. The van der Waals surface area contributed by atoms with Crippen LogP contribution in [0.1, 0.15) is 40.9 Å². The molecule has 0 radical (unpaired) electrons. The molecule has 0 spiro atoms. The van der Waals surface area contributed by atoms with Crippen molar-refractivity contribution in [3.05, 3.63) is 51.5 Å². The van der Waals surface area contributed by atoms with Crippen LogP contribution < -0.4 is 5.32 Å². The zero-order valence-electron chi connectivity index (χ0n) is 13.8. The maximum Gasteiger partial charge on any atom is 0.227 e. The van der Waals surface area contributed by atoms with Gasteiger partial charge in [-0.2, -0.15) is 0 Å². The summed E-state index contributed by atoms with van der Waals surface area (Å²) in [6, 6.07) is 10.0. The lowest BCUT2D eigenvalue weighted by molar-refractivity contribution is -0.133. The Kier molecular flexibility index (Phi) is 4.50. The molecule has 1 aromatic carbocycles. The van der Waals surface area contributed by atoms with Crippen LogP contribution in [0.15, 0.2) is 30.3 Å². The van der Waals surface area contributed by atoms with Crippen molar-refractivity contribution < 1.29 is 9.53 Å². The summed E-state index contributed by atoms with van der Waals surface area (Å²) >= 11 is 1.62. The van der Waals surface area contributed by atoms with E-state index in [1.165, 1.54) is 4.88 Å². The molecule has 2 aromatic rings. The fourth-order valence-corrected chi connectivity index (χ4v) is 3.99. The molecular formula is C18H22N2O2S. The van der Waals surface area contributed by atoms with Crippen molar-refractivity contribution in [2.45, 2.75) is 38.6 Å².